The molecule has 1 aliphatic rings. The number of anilines is 1. The quantitative estimate of drug-likeness (QED) is 0.648. The van der Waals surface area contributed by atoms with Gasteiger partial charge >= 0.3 is 0 Å². The van der Waals surface area contributed by atoms with Gasteiger partial charge in [-0.1, -0.05) is 11.6 Å². The van der Waals surface area contributed by atoms with Crippen LogP contribution in [0.4, 0.5) is 10.1 Å². The zero-order chi connectivity index (χ0) is 20.9. The highest BCUT2D eigenvalue weighted by Crippen LogP contribution is 2.21. The van der Waals surface area contributed by atoms with Gasteiger partial charge in [0.1, 0.15) is 5.82 Å². The summed E-state index contributed by atoms with van der Waals surface area (Å²) in [4.78, 5) is 16.5. The van der Waals surface area contributed by atoms with Crippen LogP contribution in [-0.4, -0.2) is 58.6 Å². The molecule has 0 atom stereocenters. The maximum absolute atomic E-state index is 12.9. The number of halogens is 2. The summed E-state index contributed by atoms with van der Waals surface area (Å²) in [5.41, 5.74) is 1.42. The standard InChI is InChI=1S/C21H21ClFN5O2/c22-16-3-1-15(2-4-16)21-26-25-20(30-21)14-28-11-9-27(10-12-28)13-19(29)24-18-7-5-17(23)6-8-18/h1-8H,9-14H2,(H,24,29). The van der Waals surface area contributed by atoms with E-state index in [1.54, 1.807) is 24.3 Å². The van der Waals surface area contributed by atoms with Crippen molar-refractivity contribution >= 4 is 23.2 Å². The molecular formula is C21H21ClFN5O2. The highest BCUT2D eigenvalue weighted by molar-refractivity contribution is 6.30. The van der Waals surface area contributed by atoms with Crippen molar-refractivity contribution < 1.29 is 13.6 Å². The van der Waals surface area contributed by atoms with Crippen molar-refractivity contribution in [2.24, 2.45) is 0 Å². The van der Waals surface area contributed by atoms with Gasteiger partial charge in [-0.15, -0.1) is 10.2 Å². The smallest absolute Gasteiger partial charge is 0.247 e. The molecule has 1 aliphatic heterocycles. The largest absolute Gasteiger partial charge is 0.419 e. The fourth-order valence-electron chi connectivity index (χ4n) is 3.26. The van der Waals surface area contributed by atoms with Crippen molar-refractivity contribution in [2.75, 3.05) is 38.0 Å². The summed E-state index contributed by atoms with van der Waals surface area (Å²) in [7, 11) is 0. The fourth-order valence-corrected chi connectivity index (χ4v) is 3.39. The monoisotopic (exact) mass is 429 g/mol. The normalized spacial score (nSPS) is 15.3. The van der Waals surface area contributed by atoms with Crippen molar-refractivity contribution in [1.29, 1.82) is 0 Å². The Morgan fingerprint density at radius 2 is 1.67 bits per heavy atom. The first-order chi connectivity index (χ1) is 14.5. The Morgan fingerprint density at radius 3 is 2.37 bits per heavy atom. The number of nitrogens with one attached hydrogen (secondary N) is 1. The number of benzene rings is 2. The van der Waals surface area contributed by atoms with Crippen LogP contribution in [0.25, 0.3) is 11.5 Å². The van der Waals surface area contributed by atoms with E-state index in [1.807, 2.05) is 12.1 Å². The van der Waals surface area contributed by atoms with Gasteiger partial charge in [0, 0.05) is 42.5 Å². The van der Waals surface area contributed by atoms with Crippen LogP contribution in [0.5, 0.6) is 0 Å². The third-order valence-corrected chi connectivity index (χ3v) is 5.13. The van der Waals surface area contributed by atoms with Crippen LogP contribution in [0.1, 0.15) is 5.89 Å². The molecule has 30 heavy (non-hydrogen) atoms. The van der Waals surface area contributed by atoms with Gasteiger partial charge in [0.15, 0.2) is 0 Å². The SMILES string of the molecule is O=C(CN1CCN(Cc2nnc(-c3ccc(Cl)cc3)o2)CC1)Nc1ccc(F)cc1. The van der Waals surface area contributed by atoms with Crippen molar-refractivity contribution in [3.05, 3.63) is 65.3 Å². The molecule has 0 radical (unpaired) electrons. The topological polar surface area (TPSA) is 74.5 Å². The number of hydrogen-bond acceptors (Lipinski definition) is 6. The van der Waals surface area contributed by atoms with E-state index in [0.29, 0.717) is 35.6 Å². The van der Waals surface area contributed by atoms with E-state index < -0.39 is 0 Å². The van der Waals surface area contributed by atoms with Crippen LogP contribution in [0.2, 0.25) is 5.02 Å². The molecule has 0 saturated carbocycles. The van der Waals surface area contributed by atoms with Gasteiger partial charge in [-0.25, -0.2) is 4.39 Å². The molecule has 1 amide bonds. The van der Waals surface area contributed by atoms with Crippen molar-refractivity contribution in [3.63, 3.8) is 0 Å². The van der Waals surface area contributed by atoms with E-state index in [9.17, 15) is 9.18 Å². The molecule has 1 saturated heterocycles. The zero-order valence-corrected chi connectivity index (χ0v) is 17.0. The molecule has 1 aromatic heterocycles. The van der Waals surface area contributed by atoms with Crippen molar-refractivity contribution in [2.45, 2.75) is 6.54 Å². The molecule has 0 unspecified atom stereocenters. The maximum Gasteiger partial charge on any atom is 0.247 e. The Labute approximate surface area is 178 Å². The highest BCUT2D eigenvalue weighted by Gasteiger charge is 2.21. The summed E-state index contributed by atoms with van der Waals surface area (Å²) in [6, 6.07) is 13.0. The summed E-state index contributed by atoms with van der Waals surface area (Å²) >= 11 is 5.91. The van der Waals surface area contributed by atoms with Crippen LogP contribution in [-0.2, 0) is 11.3 Å². The second kappa shape index (κ2) is 9.34. The van der Waals surface area contributed by atoms with E-state index in [1.165, 1.54) is 12.1 Å². The van der Waals surface area contributed by atoms with E-state index in [4.69, 9.17) is 16.0 Å². The molecule has 9 heteroatoms. The zero-order valence-electron chi connectivity index (χ0n) is 16.2. The van der Waals surface area contributed by atoms with Gasteiger partial charge in [0.2, 0.25) is 17.7 Å². The molecule has 0 bridgehead atoms. The molecular weight excluding hydrogens is 409 g/mol. The van der Waals surface area contributed by atoms with E-state index in [-0.39, 0.29) is 11.7 Å². The average Bonchev–Trinajstić information content (AvgIpc) is 3.20. The van der Waals surface area contributed by atoms with E-state index in [2.05, 4.69) is 25.3 Å². The second-order valence-electron chi connectivity index (χ2n) is 7.12. The number of carbonyl (C=O) groups is 1. The molecule has 4 rings (SSSR count). The maximum atomic E-state index is 12.9. The van der Waals surface area contributed by atoms with Crippen LogP contribution >= 0.6 is 11.6 Å². The number of piperazine rings is 1. The predicted octanol–water partition coefficient (Wildman–Crippen LogP) is 3.29. The van der Waals surface area contributed by atoms with Gasteiger partial charge in [-0.2, -0.15) is 0 Å². The van der Waals surface area contributed by atoms with Crippen molar-refractivity contribution in [3.8, 4) is 11.5 Å². The summed E-state index contributed by atoms with van der Waals surface area (Å²) < 4.78 is 18.7. The summed E-state index contributed by atoms with van der Waals surface area (Å²) in [5, 5.41) is 11.7. The second-order valence-corrected chi connectivity index (χ2v) is 7.55. The lowest BCUT2D eigenvalue weighted by Gasteiger charge is -2.33. The molecule has 7 nitrogen and oxygen atoms in total. The third kappa shape index (κ3) is 5.41. The molecule has 1 fully saturated rings. The first kappa shape index (κ1) is 20.5. The molecule has 3 aromatic rings. The number of rotatable bonds is 6. The van der Waals surface area contributed by atoms with Gasteiger partial charge in [-0.3, -0.25) is 14.6 Å². The van der Waals surface area contributed by atoms with Crippen LogP contribution in [0, 0.1) is 5.82 Å². The Hall–Kier alpha value is -2.81. The van der Waals surface area contributed by atoms with Gasteiger partial charge < -0.3 is 9.73 Å². The summed E-state index contributed by atoms with van der Waals surface area (Å²) in [6.07, 6.45) is 0. The lowest BCUT2D eigenvalue weighted by atomic mass is 10.2. The Bertz CT molecular complexity index is 985. The lowest BCUT2D eigenvalue weighted by Crippen LogP contribution is -2.48. The van der Waals surface area contributed by atoms with Gasteiger partial charge in [0.25, 0.3) is 0 Å². The molecule has 0 aliphatic carbocycles. The molecule has 1 N–H and O–H groups in total. The summed E-state index contributed by atoms with van der Waals surface area (Å²) in [5.74, 6) is 0.588. The summed E-state index contributed by atoms with van der Waals surface area (Å²) in [6.45, 7) is 3.97. The number of carbonyl (C=O) groups excluding carboxylic acids is 1. The van der Waals surface area contributed by atoms with E-state index >= 15 is 0 Å². The Kier molecular flexibility index (Phi) is 6.37. The Morgan fingerprint density at radius 1 is 1.00 bits per heavy atom. The highest BCUT2D eigenvalue weighted by atomic mass is 35.5. The Balaban J connectivity index is 1.23. The number of aromatic nitrogens is 2. The number of nitrogens with zero attached hydrogens (tertiary/aromatic N) is 4. The molecule has 0 spiro atoms. The molecule has 156 valence electrons. The van der Waals surface area contributed by atoms with Crippen LogP contribution in [0.3, 0.4) is 0 Å². The third-order valence-electron chi connectivity index (χ3n) is 4.88. The van der Waals surface area contributed by atoms with E-state index in [0.717, 1.165) is 31.7 Å². The molecule has 2 heterocycles. The molecule has 2 aromatic carbocycles. The van der Waals surface area contributed by atoms with Crippen LogP contribution < -0.4 is 5.32 Å². The number of hydrogen-bond donors (Lipinski definition) is 1. The minimum atomic E-state index is -0.328. The first-order valence-corrected chi connectivity index (χ1v) is 10.0. The van der Waals surface area contributed by atoms with Gasteiger partial charge in [-0.05, 0) is 48.5 Å². The van der Waals surface area contributed by atoms with Crippen LogP contribution in [0.15, 0.2) is 52.9 Å². The lowest BCUT2D eigenvalue weighted by molar-refractivity contribution is -0.117. The predicted molar refractivity (Wildman–Crippen MR) is 111 cm³/mol. The minimum Gasteiger partial charge on any atom is -0.419 e. The average molecular weight is 430 g/mol. The minimum absolute atomic E-state index is 0.112. The number of amides is 1. The van der Waals surface area contributed by atoms with Gasteiger partial charge in [0.05, 0.1) is 13.1 Å². The first-order valence-electron chi connectivity index (χ1n) is 9.63. The van der Waals surface area contributed by atoms with Crippen molar-refractivity contribution in [1.82, 2.24) is 20.0 Å². The fraction of sp³-hybridized carbons (Fsp3) is 0.286.